The minimum Gasteiger partial charge on any atom is -0.496 e. The summed E-state index contributed by atoms with van der Waals surface area (Å²) in [6.07, 6.45) is 0.737. The number of hydrogen-bond donors (Lipinski definition) is 2. The number of carbonyl (C=O) groups is 1. The molecule has 0 spiro atoms. The van der Waals surface area contributed by atoms with Gasteiger partial charge in [-0.15, -0.1) is 0 Å². The Morgan fingerprint density at radius 1 is 1.47 bits per heavy atom. The molecule has 0 saturated carbocycles. The second-order valence-electron chi connectivity index (χ2n) is 4.83. The fraction of sp³-hybridized carbons (Fsp3) is 0.500. The Morgan fingerprint density at radius 2 is 2.16 bits per heavy atom. The number of carbonyl (C=O) groups excluding carboxylic acids is 1. The summed E-state index contributed by atoms with van der Waals surface area (Å²) in [5, 5.41) is 12.1. The summed E-state index contributed by atoms with van der Waals surface area (Å²) in [5.41, 5.74) is 0.466. The lowest BCUT2D eigenvalue weighted by Crippen LogP contribution is -2.38. The van der Waals surface area contributed by atoms with Gasteiger partial charge in [-0.3, -0.25) is 4.79 Å². The van der Waals surface area contributed by atoms with Gasteiger partial charge in [-0.2, -0.15) is 0 Å². The van der Waals surface area contributed by atoms with Crippen molar-refractivity contribution < 1.29 is 14.6 Å². The van der Waals surface area contributed by atoms with E-state index in [4.69, 9.17) is 4.74 Å². The molecule has 1 amide bonds. The van der Waals surface area contributed by atoms with Crippen LogP contribution in [0.4, 0.5) is 0 Å². The molecule has 5 heteroatoms. The van der Waals surface area contributed by atoms with Crippen molar-refractivity contribution in [3.05, 3.63) is 28.2 Å². The van der Waals surface area contributed by atoms with Crippen LogP contribution in [0.1, 0.15) is 30.6 Å². The van der Waals surface area contributed by atoms with Gasteiger partial charge >= 0.3 is 0 Å². The van der Waals surface area contributed by atoms with Crippen molar-refractivity contribution in [2.75, 3.05) is 13.7 Å². The van der Waals surface area contributed by atoms with Crippen LogP contribution in [0.2, 0.25) is 0 Å². The lowest BCUT2D eigenvalue weighted by Gasteiger charge is -2.19. The zero-order chi connectivity index (χ0) is 14.4. The van der Waals surface area contributed by atoms with E-state index < -0.39 is 0 Å². The lowest BCUT2D eigenvalue weighted by molar-refractivity contribution is 0.0905. The van der Waals surface area contributed by atoms with Crippen molar-refractivity contribution in [2.45, 2.75) is 26.3 Å². The van der Waals surface area contributed by atoms with Gasteiger partial charge in [-0.1, -0.05) is 29.8 Å². The van der Waals surface area contributed by atoms with Gasteiger partial charge in [0.2, 0.25) is 0 Å². The molecule has 0 aliphatic carbocycles. The normalized spacial score (nSPS) is 12.3. The molecule has 0 fully saturated rings. The topological polar surface area (TPSA) is 58.6 Å². The molecule has 0 aliphatic rings. The molecule has 1 unspecified atom stereocenters. The number of benzene rings is 1. The Balaban J connectivity index is 2.82. The summed E-state index contributed by atoms with van der Waals surface area (Å²) in [6, 6.07) is 4.99. The van der Waals surface area contributed by atoms with E-state index in [0.717, 1.165) is 10.9 Å². The summed E-state index contributed by atoms with van der Waals surface area (Å²) in [5.74, 6) is 0.682. The molecule has 0 aromatic heterocycles. The van der Waals surface area contributed by atoms with E-state index in [0.29, 0.717) is 17.2 Å². The maximum Gasteiger partial charge on any atom is 0.255 e. The van der Waals surface area contributed by atoms with Crippen molar-refractivity contribution in [3.8, 4) is 5.75 Å². The van der Waals surface area contributed by atoms with Gasteiger partial charge in [0.05, 0.1) is 25.3 Å². The number of hydrogen-bond acceptors (Lipinski definition) is 3. The van der Waals surface area contributed by atoms with Crippen LogP contribution in [-0.4, -0.2) is 30.8 Å². The van der Waals surface area contributed by atoms with Gasteiger partial charge in [0.1, 0.15) is 5.75 Å². The molecule has 19 heavy (non-hydrogen) atoms. The monoisotopic (exact) mass is 329 g/mol. The molecule has 0 heterocycles. The number of halogens is 1. The Labute approximate surface area is 122 Å². The van der Waals surface area contributed by atoms with Crippen molar-refractivity contribution in [2.24, 2.45) is 5.92 Å². The zero-order valence-electron chi connectivity index (χ0n) is 11.4. The third kappa shape index (κ3) is 4.84. The van der Waals surface area contributed by atoms with Gasteiger partial charge in [0.25, 0.3) is 5.91 Å². The smallest absolute Gasteiger partial charge is 0.255 e. The first-order valence-corrected chi connectivity index (χ1v) is 7.02. The number of aliphatic hydroxyl groups is 1. The van der Waals surface area contributed by atoms with Crippen LogP contribution >= 0.6 is 15.9 Å². The second kappa shape index (κ2) is 7.50. The van der Waals surface area contributed by atoms with E-state index in [2.05, 4.69) is 35.1 Å². The largest absolute Gasteiger partial charge is 0.496 e. The quantitative estimate of drug-likeness (QED) is 0.843. The fourth-order valence-corrected chi connectivity index (χ4v) is 2.20. The molecule has 0 bridgehead atoms. The molecule has 0 radical (unpaired) electrons. The number of nitrogens with one attached hydrogen (secondary N) is 1. The molecule has 106 valence electrons. The molecule has 4 nitrogen and oxygen atoms in total. The summed E-state index contributed by atoms with van der Waals surface area (Å²) in [6.45, 7) is 4.03. The highest BCUT2D eigenvalue weighted by molar-refractivity contribution is 9.10. The van der Waals surface area contributed by atoms with E-state index in [-0.39, 0.29) is 18.6 Å². The predicted molar refractivity (Wildman–Crippen MR) is 78.5 cm³/mol. The average Bonchev–Trinajstić information content (AvgIpc) is 2.36. The molecular weight excluding hydrogens is 310 g/mol. The number of aliphatic hydroxyl groups excluding tert-OH is 1. The SMILES string of the molecule is COc1cc(Br)ccc1C(=O)NC(CO)CC(C)C. The Hall–Kier alpha value is -1.07. The molecule has 1 aromatic rings. The highest BCUT2D eigenvalue weighted by atomic mass is 79.9. The average molecular weight is 330 g/mol. The lowest BCUT2D eigenvalue weighted by atomic mass is 10.0. The van der Waals surface area contributed by atoms with Crippen LogP contribution < -0.4 is 10.1 Å². The van der Waals surface area contributed by atoms with E-state index >= 15 is 0 Å². The van der Waals surface area contributed by atoms with E-state index in [1.54, 1.807) is 18.2 Å². The first kappa shape index (κ1) is 16.0. The van der Waals surface area contributed by atoms with Crippen LogP contribution in [0.5, 0.6) is 5.75 Å². The zero-order valence-corrected chi connectivity index (χ0v) is 13.0. The summed E-state index contributed by atoms with van der Waals surface area (Å²) in [7, 11) is 1.52. The van der Waals surface area contributed by atoms with Gasteiger partial charge in [-0.25, -0.2) is 0 Å². The minimum absolute atomic E-state index is 0.0667. The van der Waals surface area contributed by atoms with Crippen molar-refractivity contribution >= 4 is 21.8 Å². The third-order valence-corrected chi connectivity index (χ3v) is 3.21. The van der Waals surface area contributed by atoms with E-state index in [9.17, 15) is 9.90 Å². The highest BCUT2D eigenvalue weighted by Crippen LogP contribution is 2.23. The molecular formula is C14H20BrNO3. The summed E-state index contributed by atoms with van der Waals surface area (Å²) in [4.78, 5) is 12.2. The van der Waals surface area contributed by atoms with Crippen molar-refractivity contribution in [1.29, 1.82) is 0 Å². The molecule has 2 N–H and O–H groups in total. The van der Waals surface area contributed by atoms with Gasteiger partial charge in [-0.05, 0) is 30.5 Å². The van der Waals surface area contributed by atoms with Crippen LogP contribution in [0, 0.1) is 5.92 Å². The fourth-order valence-electron chi connectivity index (χ4n) is 1.86. The van der Waals surface area contributed by atoms with Gasteiger partial charge in [0, 0.05) is 4.47 Å². The molecule has 1 rings (SSSR count). The number of methoxy groups -OCH3 is 1. The van der Waals surface area contributed by atoms with Crippen LogP contribution in [-0.2, 0) is 0 Å². The van der Waals surface area contributed by atoms with E-state index in [1.165, 1.54) is 7.11 Å². The van der Waals surface area contributed by atoms with E-state index in [1.807, 2.05) is 0 Å². The Kier molecular flexibility index (Phi) is 6.31. The van der Waals surface area contributed by atoms with Gasteiger partial charge in [0.15, 0.2) is 0 Å². The van der Waals surface area contributed by atoms with Crippen LogP contribution in [0.3, 0.4) is 0 Å². The number of ether oxygens (including phenoxy) is 1. The first-order chi connectivity index (χ1) is 8.97. The maximum atomic E-state index is 12.2. The highest BCUT2D eigenvalue weighted by Gasteiger charge is 2.17. The van der Waals surface area contributed by atoms with Gasteiger partial charge < -0.3 is 15.2 Å². The summed E-state index contributed by atoms with van der Waals surface area (Å²) >= 11 is 3.33. The Bertz CT molecular complexity index is 435. The first-order valence-electron chi connectivity index (χ1n) is 6.23. The molecule has 1 aromatic carbocycles. The predicted octanol–water partition coefficient (Wildman–Crippen LogP) is 2.59. The maximum absolute atomic E-state index is 12.2. The molecule has 0 aliphatic heterocycles. The number of amides is 1. The molecule has 0 saturated heterocycles. The van der Waals surface area contributed by atoms with Crippen LogP contribution in [0.25, 0.3) is 0 Å². The summed E-state index contributed by atoms with van der Waals surface area (Å²) < 4.78 is 6.04. The van der Waals surface area contributed by atoms with Crippen molar-refractivity contribution in [1.82, 2.24) is 5.32 Å². The van der Waals surface area contributed by atoms with Crippen molar-refractivity contribution in [3.63, 3.8) is 0 Å². The molecule has 1 atom stereocenters. The third-order valence-electron chi connectivity index (χ3n) is 2.72. The number of rotatable bonds is 6. The Morgan fingerprint density at radius 3 is 2.68 bits per heavy atom. The van der Waals surface area contributed by atoms with Crippen LogP contribution in [0.15, 0.2) is 22.7 Å². The standard InChI is InChI=1S/C14H20BrNO3/c1-9(2)6-11(8-17)16-14(18)12-5-4-10(15)7-13(12)19-3/h4-5,7,9,11,17H,6,8H2,1-3H3,(H,16,18). The minimum atomic E-state index is -0.235. The second-order valence-corrected chi connectivity index (χ2v) is 5.74.